The fraction of sp³-hybridized carbons (Fsp3) is 0.216. The van der Waals surface area contributed by atoms with E-state index in [-0.39, 0.29) is 0 Å². The Morgan fingerprint density at radius 3 is 1.08 bits per heavy atom. The van der Waals surface area contributed by atoms with Gasteiger partial charge in [-0.3, -0.25) is 0 Å². The highest BCUT2D eigenvalue weighted by Crippen LogP contribution is 2.52. The lowest BCUT2D eigenvalue weighted by molar-refractivity contribution is 0.756. The van der Waals surface area contributed by atoms with Crippen LogP contribution >= 0.6 is 0 Å². The summed E-state index contributed by atoms with van der Waals surface area (Å²) >= 11 is 0. The first-order valence-corrected chi connectivity index (χ1v) is 19.1. The highest BCUT2D eigenvalue weighted by Gasteiger charge is 2.42. The van der Waals surface area contributed by atoms with E-state index < -0.39 is 5.41 Å². The van der Waals surface area contributed by atoms with E-state index in [4.69, 9.17) is 0 Å². The SMILES string of the molecule is CC(C)c1ccc(C(c2ccc(C(C)C)cc2)(c2cc3cc4c(cc3c3ccccc23)CC4)c2cc3cc4c(cc3c3ccccc23)CC4)cc1. The van der Waals surface area contributed by atoms with Crippen LogP contribution in [0.5, 0.6) is 0 Å². The molecule has 2 aliphatic rings. The predicted octanol–water partition coefficient (Wildman–Crippen LogP) is 13.1. The van der Waals surface area contributed by atoms with Crippen LogP contribution in [0.1, 0.15) is 95.2 Å². The molecule has 0 heteroatoms. The van der Waals surface area contributed by atoms with Crippen LogP contribution in [0.3, 0.4) is 0 Å². The van der Waals surface area contributed by atoms with Gasteiger partial charge in [-0.2, -0.15) is 0 Å². The minimum Gasteiger partial charge on any atom is -0.0616 e. The van der Waals surface area contributed by atoms with E-state index in [1.807, 2.05) is 0 Å². The molecule has 0 radical (unpaired) electrons. The van der Waals surface area contributed by atoms with E-state index in [9.17, 15) is 0 Å². The Bertz CT molecular complexity index is 2480. The molecule has 0 aliphatic heterocycles. The van der Waals surface area contributed by atoms with Crippen molar-refractivity contribution in [2.75, 3.05) is 0 Å². The fourth-order valence-corrected chi connectivity index (χ4v) is 9.40. The average Bonchev–Trinajstić information content (AvgIpc) is 3.14. The molecular weight excluding hydrogens is 613 g/mol. The summed E-state index contributed by atoms with van der Waals surface area (Å²) < 4.78 is 0. The van der Waals surface area contributed by atoms with E-state index in [1.165, 1.54) is 124 Å². The zero-order valence-electron chi connectivity index (χ0n) is 30.2. The minimum absolute atomic E-state index is 0.457. The Balaban J connectivity index is 1.43. The van der Waals surface area contributed by atoms with Gasteiger partial charge in [0.2, 0.25) is 0 Å². The summed E-state index contributed by atoms with van der Waals surface area (Å²) in [5, 5.41) is 10.8. The number of hydrogen-bond donors (Lipinski definition) is 0. The third-order valence-corrected chi connectivity index (χ3v) is 12.5. The van der Waals surface area contributed by atoms with Crippen LogP contribution in [0, 0.1) is 0 Å². The van der Waals surface area contributed by atoms with Crippen molar-refractivity contribution in [3.63, 3.8) is 0 Å². The molecule has 0 spiro atoms. The molecule has 0 unspecified atom stereocenters. The van der Waals surface area contributed by atoms with Crippen molar-refractivity contribution >= 4 is 43.1 Å². The van der Waals surface area contributed by atoms with E-state index in [1.54, 1.807) is 0 Å². The van der Waals surface area contributed by atoms with Crippen LogP contribution in [-0.2, 0) is 31.1 Å². The Kier molecular flexibility index (Phi) is 6.85. The maximum atomic E-state index is 2.57. The Hall–Kier alpha value is -5.20. The zero-order chi connectivity index (χ0) is 34.4. The van der Waals surface area contributed by atoms with Crippen LogP contribution in [-0.4, -0.2) is 0 Å². The summed E-state index contributed by atoms with van der Waals surface area (Å²) in [7, 11) is 0. The molecule has 0 saturated carbocycles. The molecule has 0 saturated heterocycles. The molecule has 2 aliphatic carbocycles. The van der Waals surface area contributed by atoms with Crippen molar-refractivity contribution < 1.29 is 0 Å². The average molecular weight is 657 g/mol. The third-order valence-electron chi connectivity index (χ3n) is 12.5. The van der Waals surface area contributed by atoms with Crippen molar-refractivity contribution in [3.05, 3.63) is 189 Å². The molecule has 248 valence electrons. The lowest BCUT2D eigenvalue weighted by Crippen LogP contribution is -2.32. The molecule has 0 fully saturated rings. The normalized spacial score (nSPS) is 13.9. The molecule has 10 rings (SSSR count). The van der Waals surface area contributed by atoms with Gasteiger partial charge in [0, 0.05) is 0 Å². The topological polar surface area (TPSA) is 0 Å². The molecule has 0 heterocycles. The van der Waals surface area contributed by atoms with Gasteiger partial charge in [0.1, 0.15) is 0 Å². The van der Waals surface area contributed by atoms with Crippen molar-refractivity contribution in [2.24, 2.45) is 0 Å². The van der Waals surface area contributed by atoms with Gasteiger partial charge in [0.15, 0.2) is 0 Å². The number of aryl methyl sites for hydroxylation is 4. The van der Waals surface area contributed by atoms with Crippen LogP contribution < -0.4 is 0 Å². The second-order valence-corrected chi connectivity index (χ2v) is 15.9. The first-order chi connectivity index (χ1) is 24.9. The summed E-state index contributed by atoms with van der Waals surface area (Å²) in [5.41, 5.74) is 13.5. The van der Waals surface area contributed by atoms with E-state index in [2.05, 4.69) is 161 Å². The van der Waals surface area contributed by atoms with Gasteiger partial charge in [0.05, 0.1) is 5.41 Å². The molecule has 8 aromatic carbocycles. The molecular formula is C51H44. The molecule has 0 N–H and O–H groups in total. The van der Waals surface area contributed by atoms with Crippen LogP contribution in [0.4, 0.5) is 0 Å². The number of fused-ring (bicyclic) bond motifs is 8. The van der Waals surface area contributed by atoms with Crippen molar-refractivity contribution in [1.82, 2.24) is 0 Å². The lowest BCUT2D eigenvalue weighted by Gasteiger charge is -2.39. The molecule has 8 aromatic rings. The standard InChI is InChI=1S/C51H44/c1-31(2)33-17-21-41(22-18-33)51(42-23-19-34(20-24-42)32(3)4,49-29-39-25-35-13-15-37(35)27-47(39)43-9-5-7-11-45(43)49)50-30-40-26-36-14-16-38(36)28-48(40)44-10-6-8-12-46(44)50/h5-12,17-32H,13-16H2,1-4H3. The Morgan fingerprint density at radius 1 is 0.373 bits per heavy atom. The summed E-state index contributed by atoms with van der Waals surface area (Å²) in [6, 6.07) is 52.8. The number of rotatable bonds is 6. The molecule has 0 atom stereocenters. The van der Waals surface area contributed by atoms with E-state index >= 15 is 0 Å². The van der Waals surface area contributed by atoms with Gasteiger partial charge in [-0.15, -0.1) is 0 Å². The monoisotopic (exact) mass is 656 g/mol. The van der Waals surface area contributed by atoms with Crippen LogP contribution in [0.25, 0.3) is 43.1 Å². The number of hydrogen-bond acceptors (Lipinski definition) is 0. The number of benzene rings is 8. The van der Waals surface area contributed by atoms with Crippen LogP contribution in [0.15, 0.2) is 133 Å². The summed E-state index contributed by atoms with van der Waals surface area (Å²) in [5.74, 6) is 0.913. The smallest absolute Gasteiger partial charge is 0.0616 e. The first-order valence-electron chi connectivity index (χ1n) is 19.1. The first kappa shape index (κ1) is 30.6. The zero-order valence-corrected chi connectivity index (χ0v) is 30.2. The summed E-state index contributed by atoms with van der Waals surface area (Å²) in [6.45, 7) is 9.19. The van der Waals surface area contributed by atoms with E-state index in [0.29, 0.717) is 11.8 Å². The van der Waals surface area contributed by atoms with Gasteiger partial charge in [-0.1, -0.05) is 149 Å². The van der Waals surface area contributed by atoms with Crippen molar-refractivity contribution in [1.29, 1.82) is 0 Å². The second-order valence-electron chi connectivity index (χ2n) is 15.9. The summed E-state index contributed by atoms with van der Waals surface area (Å²) in [4.78, 5) is 0. The molecule has 51 heavy (non-hydrogen) atoms. The fourth-order valence-electron chi connectivity index (χ4n) is 9.40. The van der Waals surface area contributed by atoms with E-state index in [0.717, 1.165) is 0 Å². The molecule has 0 nitrogen and oxygen atoms in total. The van der Waals surface area contributed by atoms with Gasteiger partial charge < -0.3 is 0 Å². The maximum absolute atomic E-state index is 2.57. The van der Waals surface area contributed by atoms with Crippen molar-refractivity contribution in [2.45, 2.75) is 70.6 Å². The summed E-state index contributed by atoms with van der Waals surface area (Å²) in [6.07, 6.45) is 4.71. The minimum atomic E-state index is -0.599. The largest absolute Gasteiger partial charge is 0.0714 e. The highest BCUT2D eigenvalue weighted by molar-refractivity contribution is 6.13. The molecule has 0 bridgehead atoms. The van der Waals surface area contributed by atoms with Gasteiger partial charge in [0.25, 0.3) is 0 Å². The Labute approximate surface area is 301 Å². The lowest BCUT2D eigenvalue weighted by atomic mass is 9.62. The third kappa shape index (κ3) is 4.52. The Morgan fingerprint density at radius 2 is 0.725 bits per heavy atom. The van der Waals surface area contributed by atoms with Gasteiger partial charge in [-0.25, -0.2) is 0 Å². The maximum Gasteiger partial charge on any atom is 0.0714 e. The molecule has 0 aromatic heterocycles. The van der Waals surface area contributed by atoms with Crippen molar-refractivity contribution in [3.8, 4) is 0 Å². The molecule has 0 amide bonds. The second kappa shape index (κ2) is 11.4. The van der Waals surface area contributed by atoms with Crippen LogP contribution in [0.2, 0.25) is 0 Å². The quantitative estimate of drug-likeness (QED) is 0.123. The highest BCUT2D eigenvalue weighted by atomic mass is 14.4. The van der Waals surface area contributed by atoms with Gasteiger partial charge in [-0.05, 0) is 148 Å². The van der Waals surface area contributed by atoms with Gasteiger partial charge >= 0.3 is 0 Å². The predicted molar refractivity (Wildman–Crippen MR) is 218 cm³/mol.